The van der Waals surface area contributed by atoms with Crippen LogP contribution in [0.5, 0.6) is 5.88 Å². The second kappa shape index (κ2) is 5.34. The van der Waals surface area contributed by atoms with Gasteiger partial charge in [-0.05, 0) is 32.6 Å². The molecule has 17 heavy (non-hydrogen) atoms. The molecule has 0 bridgehead atoms. The van der Waals surface area contributed by atoms with Crippen molar-refractivity contribution in [3.8, 4) is 5.88 Å². The summed E-state index contributed by atoms with van der Waals surface area (Å²) in [6, 6.07) is 2.48. The number of piperidine rings is 1. The summed E-state index contributed by atoms with van der Waals surface area (Å²) in [5, 5.41) is 0. The molecule has 1 aliphatic heterocycles. The van der Waals surface area contributed by atoms with Crippen molar-refractivity contribution in [3.05, 3.63) is 12.4 Å². The third kappa shape index (κ3) is 2.68. The van der Waals surface area contributed by atoms with Crippen LogP contribution in [0.25, 0.3) is 0 Å². The molecule has 2 rings (SSSR count). The van der Waals surface area contributed by atoms with Gasteiger partial charge in [-0.15, -0.1) is 0 Å². The minimum Gasteiger partial charge on any atom is -0.478 e. The topological polar surface area (TPSA) is 38.2 Å². The fraction of sp³-hybridized carbons (Fsp3) is 0.692. The summed E-state index contributed by atoms with van der Waals surface area (Å²) in [6.07, 6.45) is 4.13. The first-order valence-electron chi connectivity index (χ1n) is 6.44. The Morgan fingerprint density at radius 2 is 2.24 bits per heavy atom. The van der Waals surface area contributed by atoms with Gasteiger partial charge in [0.1, 0.15) is 12.1 Å². The molecule has 1 aliphatic rings. The van der Waals surface area contributed by atoms with Crippen molar-refractivity contribution in [1.82, 2.24) is 9.97 Å². The first-order valence-corrected chi connectivity index (χ1v) is 6.44. The molecule has 2 unspecified atom stereocenters. The van der Waals surface area contributed by atoms with E-state index in [1.165, 1.54) is 12.8 Å². The van der Waals surface area contributed by atoms with Crippen LogP contribution in [-0.4, -0.2) is 29.2 Å². The summed E-state index contributed by atoms with van der Waals surface area (Å²) < 4.78 is 5.42. The van der Waals surface area contributed by atoms with Crippen LogP contribution in [0.2, 0.25) is 0 Å². The zero-order valence-electron chi connectivity index (χ0n) is 10.9. The lowest BCUT2D eigenvalue weighted by Crippen LogP contribution is -2.42. The van der Waals surface area contributed by atoms with E-state index in [-0.39, 0.29) is 0 Å². The Morgan fingerprint density at radius 3 is 3.00 bits per heavy atom. The summed E-state index contributed by atoms with van der Waals surface area (Å²) in [5.74, 6) is 2.37. The van der Waals surface area contributed by atoms with Crippen LogP contribution in [0.15, 0.2) is 12.4 Å². The summed E-state index contributed by atoms with van der Waals surface area (Å²) in [5.41, 5.74) is 0. The van der Waals surface area contributed by atoms with Gasteiger partial charge in [-0.3, -0.25) is 0 Å². The van der Waals surface area contributed by atoms with Crippen molar-refractivity contribution < 1.29 is 4.74 Å². The molecular weight excluding hydrogens is 214 g/mol. The van der Waals surface area contributed by atoms with Crippen LogP contribution in [0.1, 0.15) is 33.6 Å². The van der Waals surface area contributed by atoms with E-state index in [0.717, 1.165) is 12.4 Å². The van der Waals surface area contributed by atoms with E-state index in [0.29, 0.717) is 24.4 Å². The Labute approximate surface area is 103 Å². The van der Waals surface area contributed by atoms with Crippen molar-refractivity contribution in [1.29, 1.82) is 0 Å². The molecule has 0 N–H and O–H groups in total. The molecule has 1 saturated heterocycles. The van der Waals surface area contributed by atoms with Gasteiger partial charge in [-0.1, -0.05) is 6.92 Å². The van der Waals surface area contributed by atoms with Crippen molar-refractivity contribution in [2.24, 2.45) is 5.92 Å². The lowest BCUT2D eigenvalue weighted by molar-refractivity contribution is 0.324. The zero-order valence-corrected chi connectivity index (χ0v) is 10.9. The number of rotatable bonds is 3. The number of aromatic nitrogens is 2. The molecule has 4 nitrogen and oxygen atoms in total. The van der Waals surface area contributed by atoms with Gasteiger partial charge < -0.3 is 9.64 Å². The highest BCUT2D eigenvalue weighted by Gasteiger charge is 2.25. The summed E-state index contributed by atoms with van der Waals surface area (Å²) in [7, 11) is 0. The molecule has 4 heteroatoms. The highest BCUT2D eigenvalue weighted by molar-refractivity contribution is 5.42. The number of anilines is 1. The van der Waals surface area contributed by atoms with Crippen molar-refractivity contribution in [3.63, 3.8) is 0 Å². The van der Waals surface area contributed by atoms with Crippen molar-refractivity contribution in [2.45, 2.75) is 39.7 Å². The molecule has 1 fully saturated rings. The van der Waals surface area contributed by atoms with Gasteiger partial charge in [0.15, 0.2) is 0 Å². The van der Waals surface area contributed by atoms with Crippen molar-refractivity contribution >= 4 is 5.82 Å². The van der Waals surface area contributed by atoms with Gasteiger partial charge >= 0.3 is 0 Å². The van der Waals surface area contributed by atoms with E-state index in [2.05, 4.69) is 28.7 Å². The minimum absolute atomic E-state index is 0.535. The molecule has 1 aromatic rings. The van der Waals surface area contributed by atoms with Crippen LogP contribution in [0.3, 0.4) is 0 Å². The Kier molecular flexibility index (Phi) is 3.82. The third-order valence-corrected chi connectivity index (χ3v) is 3.59. The summed E-state index contributed by atoms with van der Waals surface area (Å²) in [6.45, 7) is 8.26. The second-order valence-electron chi connectivity index (χ2n) is 4.70. The Hall–Kier alpha value is -1.32. The van der Waals surface area contributed by atoms with E-state index in [1.807, 2.05) is 13.0 Å². The SMILES string of the molecule is CCOc1cc(N2CCCC(C)C2C)ncn1. The van der Waals surface area contributed by atoms with Gasteiger partial charge in [0.2, 0.25) is 5.88 Å². The number of hydrogen-bond donors (Lipinski definition) is 0. The quantitative estimate of drug-likeness (QED) is 0.807. The lowest BCUT2D eigenvalue weighted by atomic mass is 9.92. The van der Waals surface area contributed by atoms with E-state index < -0.39 is 0 Å². The Bertz CT molecular complexity index is 369. The average molecular weight is 235 g/mol. The van der Waals surface area contributed by atoms with Gasteiger partial charge in [0, 0.05) is 18.7 Å². The monoisotopic (exact) mass is 235 g/mol. The maximum Gasteiger partial charge on any atom is 0.218 e. The molecule has 2 heterocycles. The van der Waals surface area contributed by atoms with E-state index in [9.17, 15) is 0 Å². The summed E-state index contributed by atoms with van der Waals surface area (Å²) in [4.78, 5) is 10.8. The van der Waals surface area contributed by atoms with Crippen LogP contribution < -0.4 is 9.64 Å². The molecule has 0 saturated carbocycles. The smallest absolute Gasteiger partial charge is 0.218 e. The molecule has 0 amide bonds. The van der Waals surface area contributed by atoms with Crippen LogP contribution in [0, 0.1) is 5.92 Å². The minimum atomic E-state index is 0.535. The molecule has 0 aromatic carbocycles. The van der Waals surface area contributed by atoms with Crippen molar-refractivity contribution in [2.75, 3.05) is 18.1 Å². The van der Waals surface area contributed by atoms with Gasteiger partial charge in [0.05, 0.1) is 6.61 Å². The maximum atomic E-state index is 5.42. The molecule has 2 atom stereocenters. The highest BCUT2D eigenvalue weighted by atomic mass is 16.5. The molecule has 0 spiro atoms. The maximum absolute atomic E-state index is 5.42. The average Bonchev–Trinajstić information content (AvgIpc) is 2.33. The first kappa shape index (κ1) is 12.1. The largest absolute Gasteiger partial charge is 0.478 e. The van der Waals surface area contributed by atoms with Gasteiger partial charge in [0.25, 0.3) is 0 Å². The Morgan fingerprint density at radius 1 is 1.41 bits per heavy atom. The second-order valence-corrected chi connectivity index (χ2v) is 4.70. The zero-order chi connectivity index (χ0) is 12.3. The first-order chi connectivity index (χ1) is 8.22. The lowest BCUT2D eigenvalue weighted by Gasteiger charge is -2.38. The molecule has 0 aliphatic carbocycles. The van der Waals surface area contributed by atoms with Gasteiger partial charge in [-0.25, -0.2) is 9.97 Å². The molecule has 0 radical (unpaired) electrons. The molecule has 94 valence electrons. The normalized spacial score (nSPS) is 24.8. The third-order valence-electron chi connectivity index (χ3n) is 3.59. The van der Waals surface area contributed by atoms with Crippen LogP contribution >= 0.6 is 0 Å². The van der Waals surface area contributed by atoms with Crippen LogP contribution in [-0.2, 0) is 0 Å². The number of hydrogen-bond acceptors (Lipinski definition) is 4. The van der Waals surface area contributed by atoms with E-state index in [4.69, 9.17) is 4.74 Å². The van der Waals surface area contributed by atoms with Crippen LogP contribution in [0.4, 0.5) is 5.82 Å². The molecule has 1 aromatic heterocycles. The Balaban J connectivity index is 2.17. The van der Waals surface area contributed by atoms with E-state index >= 15 is 0 Å². The van der Waals surface area contributed by atoms with E-state index in [1.54, 1.807) is 6.33 Å². The summed E-state index contributed by atoms with van der Waals surface area (Å²) >= 11 is 0. The fourth-order valence-electron chi connectivity index (χ4n) is 2.37. The highest BCUT2D eigenvalue weighted by Crippen LogP contribution is 2.28. The fourth-order valence-corrected chi connectivity index (χ4v) is 2.37. The predicted molar refractivity (Wildman–Crippen MR) is 68.4 cm³/mol. The molecular formula is C13H21N3O. The standard InChI is InChI=1S/C13H21N3O/c1-4-17-13-8-12(14-9-15-13)16-7-5-6-10(2)11(16)3/h8-11H,4-7H2,1-3H3. The number of nitrogens with zero attached hydrogens (tertiary/aromatic N) is 3. The van der Waals surface area contributed by atoms with Gasteiger partial charge in [-0.2, -0.15) is 0 Å². The predicted octanol–water partition coefficient (Wildman–Crippen LogP) is 2.50. The number of ether oxygens (including phenoxy) is 1.